The summed E-state index contributed by atoms with van der Waals surface area (Å²) in [5.74, 6) is -0.509. The van der Waals surface area contributed by atoms with E-state index in [1.807, 2.05) is 13.8 Å². The van der Waals surface area contributed by atoms with Crippen molar-refractivity contribution in [2.24, 2.45) is 5.41 Å². The largest absolute Gasteiger partial charge is 0.326 e. The molecule has 1 N–H and O–H groups in total. The highest BCUT2D eigenvalue weighted by atomic mass is 19.1. The van der Waals surface area contributed by atoms with Crippen molar-refractivity contribution in [2.75, 3.05) is 0 Å². The van der Waals surface area contributed by atoms with Crippen molar-refractivity contribution in [3.63, 3.8) is 0 Å². The minimum atomic E-state index is -0.588. The Balaban J connectivity index is 1.98. The first kappa shape index (κ1) is 17.6. The summed E-state index contributed by atoms with van der Waals surface area (Å²) in [4.78, 5) is 27.5. The van der Waals surface area contributed by atoms with Crippen molar-refractivity contribution < 1.29 is 9.18 Å². The first-order valence-corrected chi connectivity index (χ1v) is 9.17. The Morgan fingerprint density at radius 3 is 2.67 bits per heavy atom. The number of benzene rings is 1. The minimum Gasteiger partial charge on any atom is -0.326 e. The highest BCUT2D eigenvalue weighted by molar-refractivity contribution is 6.00. The second-order valence-corrected chi connectivity index (χ2v) is 8.13. The molecule has 5 nitrogen and oxygen atoms in total. The van der Waals surface area contributed by atoms with Gasteiger partial charge in [-0.05, 0) is 42.7 Å². The number of aryl methyl sites for hydroxylation is 2. The van der Waals surface area contributed by atoms with Crippen LogP contribution in [-0.2, 0) is 12.8 Å². The number of rotatable bonds is 2. The fraction of sp³-hybridized carbons (Fsp3) is 0.381. The number of aromatic amines is 1. The fourth-order valence-corrected chi connectivity index (χ4v) is 4.06. The van der Waals surface area contributed by atoms with E-state index >= 15 is 0 Å². The maximum absolute atomic E-state index is 14.8. The van der Waals surface area contributed by atoms with Gasteiger partial charge in [0.05, 0.1) is 28.0 Å². The molecule has 6 heteroatoms. The average molecular weight is 367 g/mol. The molecule has 0 saturated carbocycles. The second-order valence-electron chi connectivity index (χ2n) is 8.13. The molecule has 1 aliphatic carbocycles. The number of fused-ring (bicyclic) bond motifs is 2. The lowest BCUT2D eigenvalue weighted by atomic mass is 9.75. The topological polar surface area (TPSA) is 67.8 Å². The molecular formula is C21H22FN3O2. The number of halogens is 1. The first-order valence-electron chi connectivity index (χ1n) is 9.17. The molecule has 27 heavy (non-hydrogen) atoms. The van der Waals surface area contributed by atoms with E-state index in [0.717, 1.165) is 11.4 Å². The van der Waals surface area contributed by atoms with Gasteiger partial charge in [-0.2, -0.15) is 5.10 Å². The predicted molar refractivity (Wildman–Crippen MR) is 102 cm³/mol. The van der Waals surface area contributed by atoms with Crippen molar-refractivity contribution in [1.29, 1.82) is 0 Å². The van der Waals surface area contributed by atoms with Gasteiger partial charge in [0.25, 0.3) is 5.56 Å². The minimum absolute atomic E-state index is 0.0464. The van der Waals surface area contributed by atoms with Gasteiger partial charge in [0.15, 0.2) is 5.78 Å². The highest BCUT2D eigenvalue weighted by Gasteiger charge is 2.35. The monoisotopic (exact) mass is 367 g/mol. The molecule has 0 fully saturated rings. The third-order valence-corrected chi connectivity index (χ3v) is 5.28. The Bertz CT molecular complexity index is 1150. The lowest BCUT2D eigenvalue weighted by Gasteiger charge is -2.29. The van der Waals surface area contributed by atoms with Gasteiger partial charge in [0.1, 0.15) is 5.82 Å². The Hall–Kier alpha value is -2.76. The molecule has 3 aromatic rings. The van der Waals surface area contributed by atoms with Gasteiger partial charge in [-0.15, -0.1) is 0 Å². The van der Waals surface area contributed by atoms with Gasteiger partial charge in [-0.3, -0.25) is 9.59 Å². The third kappa shape index (κ3) is 2.80. The second kappa shape index (κ2) is 5.87. The molecule has 4 rings (SSSR count). The number of nitrogens with one attached hydrogen (secondary N) is 1. The maximum atomic E-state index is 14.8. The van der Waals surface area contributed by atoms with Gasteiger partial charge >= 0.3 is 0 Å². The van der Waals surface area contributed by atoms with Crippen LogP contribution in [0, 0.1) is 18.2 Å². The zero-order valence-electron chi connectivity index (χ0n) is 15.9. The van der Waals surface area contributed by atoms with Crippen molar-refractivity contribution in [3.8, 4) is 5.69 Å². The van der Waals surface area contributed by atoms with Crippen LogP contribution >= 0.6 is 0 Å². The van der Waals surface area contributed by atoms with Crippen molar-refractivity contribution >= 4 is 16.6 Å². The first-order chi connectivity index (χ1) is 12.7. The molecular weight excluding hydrogens is 345 g/mol. The standard InChI is InChI=1S/C21H22FN3O2/c1-5-13-6-12-7-14(8-15(22)19(12)20(27)23-13)25-16-9-21(3,4)10-17(26)18(16)11(2)24-25/h6-8H,5,9-10H2,1-4H3,(H,23,27). The number of H-pyrrole nitrogens is 1. The molecule has 2 heterocycles. The van der Waals surface area contributed by atoms with E-state index in [1.165, 1.54) is 6.07 Å². The van der Waals surface area contributed by atoms with E-state index in [9.17, 15) is 14.0 Å². The van der Waals surface area contributed by atoms with Crippen LogP contribution in [0.2, 0.25) is 0 Å². The van der Waals surface area contributed by atoms with Crippen LogP contribution < -0.4 is 5.56 Å². The van der Waals surface area contributed by atoms with Crippen LogP contribution in [0.4, 0.5) is 4.39 Å². The van der Waals surface area contributed by atoms with E-state index in [-0.39, 0.29) is 16.6 Å². The van der Waals surface area contributed by atoms with Crippen LogP contribution in [0.3, 0.4) is 0 Å². The van der Waals surface area contributed by atoms with Gasteiger partial charge in [0, 0.05) is 18.2 Å². The smallest absolute Gasteiger partial charge is 0.259 e. The molecule has 2 aromatic heterocycles. The summed E-state index contributed by atoms with van der Waals surface area (Å²) in [6, 6.07) is 4.88. The van der Waals surface area contributed by atoms with Gasteiger partial charge in [0.2, 0.25) is 0 Å². The van der Waals surface area contributed by atoms with E-state index in [4.69, 9.17) is 0 Å². The zero-order valence-corrected chi connectivity index (χ0v) is 15.9. The Morgan fingerprint density at radius 2 is 1.96 bits per heavy atom. The van der Waals surface area contributed by atoms with Crippen LogP contribution in [0.15, 0.2) is 23.0 Å². The van der Waals surface area contributed by atoms with E-state index in [2.05, 4.69) is 23.9 Å². The highest BCUT2D eigenvalue weighted by Crippen LogP contribution is 2.37. The van der Waals surface area contributed by atoms with Crippen LogP contribution in [0.5, 0.6) is 0 Å². The SMILES string of the molecule is CCc1cc2cc(-n3nc(C)c4c3CC(C)(C)CC4=O)cc(F)c2c(=O)[nH]1. The summed E-state index contributed by atoms with van der Waals surface area (Å²) in [6.45, 7) is 7.84. The Labute approximate surface area is 156 Å². The molecule has 140 valence electrons. The van der Waals surface area contributed by atoms with Crippen LogP contribution in [0.25, 0.3) is 16.5 Å². The van der Waals surface area contributed by atoms with Gasteiger partial charge in [-0.1, -0.05) is 20.8 Å². The normalized spacial score (nSPS) is 16.0. The lowest BCUT2D eigenvalue weighted by molar-refractivity contribution is 0.0910. The summed E-state index contributed by atoms with van der Waals surface area (Å²) >= 11 is 0. The average Bonchev–Trinajstić information content (AvgIpc) is 2.89. The fourth-order valence-electron chi connectivity index (χ4n) is 4.06. The molecule has 0 radical (unpaired) electrons. The lowest BCUT2D eigenvalue weighted by Crippen LogP contribution is -2.28. The van der Waals surface area contributed by atoms with Crippen molar-refractivity contribution in [2.45, 2.75) is 47.0 Å². The van der Waals surface area contributed by atoms with Crippen molar-refractivity contribution in [1.82, 2.24) is 14.8 Å². The molecule has 0 atom stereocenters. The summed E-state index contributed by atoms with van der Waals surface area (Å²) in [7, 11) is 0. The molecule has 0 aliphatic heterocycles. The Kier molecular flexibility index (Phi) is 3.84. The summed E-state index contributed by atoms with van der Waals surface area (Å²) in [6.07, 6.45) is 1.81. The predicted octanol–water partition coefficient (Wildman–Crippen LogP) is 3.88. The molecule has 1 aliphatic rings. The number of pyridine rings is 1. The van der Waals surface area contributed by atoms with E-state index in [0.29, 0.717) is 41.6 Å². The van der Waals surface area contributed by atoms with E-state index in [1.54, 1.807) is 16.8 Å². The number of aromatic nitrogens is 3. The summed E-state index contributed by atoms with van der Waals surface area (Å²) in [5, 5.41) is 5.12. The number of Topliss-reactive ketones (excluding diaryl/α,β-unsaturated/α-hetero) is 1. The maximum Gasteiger partial charge on any atom is 0.259 e. The number of carbonyl (C=O) groups excluding carboxylic acids is 1. The molecule has 0 spiro atoms. The van der Waals surface area contributed by atoms with Crippen molar-refractivity contribution in [3.05, 3.63) is 57.0 Å². The molecule has 1 aromatic carbocycles. The number of nitrogens with zero attached hydrogens (tertiary/aromatic N) is 2. The van der Waals surface area contributed by atoms with Crippen LogP contribution in [0.1, 0.15) is 54.6 Å². The zero-order chi connectivity index (χ0) is 19.5. The van der Waals surface area contributed by atoms with Gasteiger partial charge in [-0.25, -0.2) is 9.07 Å². The third-order valence-electron chi connectivity index (χ3n) is 5.28. The number of hydrogen-bond donors (Lipinski definition) is 1. The number of hydrogen-bond acceptors (Lipinski definition) is 3. The van der Waals surface area contributed by atoms with Crippen LogP contribution in [-0.4, -0.2) is 20.5 Å². The molecule has 0 unspecified atom stereocenters. The van der Waals surface area contributed by atoms with E-state index < -0.39 is 11.4 Å². The Morgan fingerprint density at radius 1 is 1.22 bits per heavy atom. The quantitative estimate of drug-likeness (QED) is 0.747. The molecule has 0 saturated heterocycles. The molecule has 0 bridgehead atoms. The number of ketones is 1. The van der Waals surface area contributed by atoms with Gasteiger partial charge < -0.3 is 4.98 Å². The molecule has 0 amide bonds. The summed E-state index contributed by atoms with van der Waals surface area (Å²) in [5.41, 5.74) is 2.80. The number of carbonyl (C=O) groups is 1. The summed E-state index contributed by atoms with van der Waals surface area (Å²) < 4.78 is 16.4.